The van der Waals surface area contributed by atoms with Gasteiger partial charge in [0, 0.05) is 105 Å². The Balaban J connectivity index is 0.807. The number of anilines is 3. The second-order valence-electron chi connectivity index (χ2n) is 16.6. The quantitative estimate of drug-likeness (QED) is 0.239. The highest BCUT2D eigenvalue weighted by Gasteiger charge is 2.45. The van der Waals surface area contributed by atoms with Crippen molar-refractivity contribution in [1.29, 1.82) is 0 Å². The Morgan fingerprint density at radius 2 is 1.47 bits per heavy atom. The highest BCUT2D eigenvalue weighted by Crippen LogP contribution is 2.34. The number of benzene rings is 3. The smallest absolute Gasteiger partial charge is 0.262 e. The average Bonchev–Trinajstić information content (AvgIpc) is 3.48. The van der Waals surface area contributed by atoms with Crippen LogP contribution in [0.25, 0.3) is 4.85 Å². The van der Waals surface area contributed by atoms with Crippen LogP contribution in [0.5, 0.6) is 0 Å². The van der Waals surface area contributed by atoms with Gasteiger partial charge in [-0.2, -0.15) is 0 Å². The normalized spacial score (nSPS) is 22.9. The fourth-order valence-corrected chi connectivity index (χ4v) is 9.59. The molecule has 0 bridgehead atoms. The molecular formula is C44H47ClF2N8O5. The molecule has 1 unspecified atom stereocenters. The third kappa shape index (κ3) is 8.02. The van der Waals surface area contributed by atoms with Gasteiger partial charge in [-0.15, -0.1) is 0 Å². The summed E-state index contributed by atoms with van der Waals surface area (Å²) in [4.78, 5) is 78.8. The molecule has 314 valence electrons. The number of imide groups is 2. The van der Waals surface area contributed by atoms with Crippen molar-refractivity contribution >= 4 is 63.9 Å². The summed E-state index contributed by atoms with van der Waals surface area (Å²) in [5.74, 6) is -3.45. The number of nitrogens with zero attached hydrogens (tertiary/aromatic N) is 7. The number of rotatable bonds is 8. The van der Waals surface area contributed by atoms with Gasteiger partial charge in [0.05, 0.1) is 24.1 Å². The Labute approximate surface area is 352 Å². The summed E-state index contributed by atoms with van der Waals surface area (Å²) < 4.78 is 31.1. The lowest BCUT2D eigenvalue weighted by Crippen LogP contribution is -2.58. The van der Waals surface area contributed by atoms with Gasteiger partial charge in [-0.25, -0.2) is 13.6 Å². The maximum atomic E-state index is 15.6. The number of carbonyl (C=O) groups is 5. The molecule has 0 aromatic heterocycles. The van der Waals surface area contributed by atoms with Crippen LogP contribution in [0, 0.1) is 24.1 Å². The second-order valence-corrected chi connectivity index (χ2v) is 17.0. The Morgan fingerprint density at radius 1 is 0.800 bits per heavy atom. The zero-order chi connectivity index (χ0) is 42.4. The van der Waals surface area contributed by atoms with Crippen LogP contribution in [0.15, 0.2) is 48.5 Å². The first kappa shape index (κ1) is 41.2. The monoisotopic (exact) mass is 840 g/mol. The lowest BCUT2D eigenvalue weighted by Gasteiger charge is -2.45. The molecule has 3 aromatic rings. The van der Waals surface area contributed by atoms with Gasteiger partial charge in [0.25, 0.3) is 11.8 Å². The van der Waals surface area contributed by atoms with Crippen molar-refractivity contribution in [2.75, 3.05) is 73.6 Å². The number of amides is 5. The van der Waals surface area contributed by atoms with E-state index in [-0.39, 0.29) is 53.9 Å². The van der Waals surface area contributed by atoms with Crippen LogP contribution in [0.2, 0.25) is 5.02 Å². The number of piperidine rings is 2. The highest BCUT2D eigenvalue weighted by molar-refractivity contribution is 6.33. The Kier molecular flexibility index (Phi) is 11.5. The summed E-state index contributed by atoms with van der Waals surface area (Å²) >= 11 is 6.29. The predicted octanol–water partition coefficient (Wildman–Crippen LogP) is 5.28. The molecule has 13 nitrogen and oxygen atoms in total. The summed E-state index contributed by atoms with van der Waals surface area (Å²) in [7, 11) is 0. The minimum atomic E-state index is -1.00. The Bertz CT molecular complexity index is 2260. The van der Waals surface area contributed by atoms with Gasteiger partial charge in [0.1, 0.15) is 17.7 Å². The zero-order valence-corrected chi connectivity index (χ0v) is 34.4. The van der Waals surface area contributed by atoms with Gasteiger partial charge in [-0.05, 0) is 81.5 Å². The summed E-state index contributed by atoms with van der Waals surface area (Å²) in [5, 5.41) is 2.59. The van der Waals surface area contributed by atoms with Crippen molar-refractivity contribution in [3.8, 4) is 0 Å². The van der Waals surface area contributed by atoms with E-state index in [9.17, 15) is 24.0 Å². The van der Waals surface area contributed by atoms with Gasteiger partial charge in [-0.3, -0.25) is 39.1 Å². The second kappa shape index (κ2) is 16.8. The van der Waals surface area contributed by atoms with Crippen LogP contribution >= 0.6 is 11.6 Å². The predicted molar refractivity (Wildman–Crippen MR) is 222 cm³/mol. The molecule has 16 heteroatoms. The molecule has 1 N–H and O–H groups in total. The van der Waals surface area contributed by atoms with Crippen molar-refractivity contribution < 1.29 is 32.8 Å². The average molecular weight is 841 g/mol. The Hall–Kier alpha value is -5.59. The maximum absolute atomic E-state index is 15.6. The molecule has 5 aliphatic rings. The summed E-state index contributed by atoms with van der Waals surface area (Å²) in [5.41, 5.74) is 2.83. The van der Waals surface area contributed by atoms with Crippen molar-refractivity contribution in [2.45, 2.75) is 64.1 Å². The van der Waals surface area contributed by atoms with E-state index in [2.05, 4.69) is 24.9 Å². The summed E-state index contributed by atoms with van der Waals surface area (Å²) in [6, 6.07) is 11.9. The standard InChI is InChI=1S/C44H47ClF2N8O5/c1-26-24-54(27(2)23-53(26)30-5-7-38(48-3)35(45)19-30)41(57)22-34-36(46)20-31(21-37(34)47)51-12-10-28(11-13-51)25-50-14-16-52(17-15-50)29-4-6-32-33(18-29)44(60)55(43(32)59)39-8-9-40(56)49-42(39)58/h4-7,18-21,26-28,39H,8-17,22-25H2,1-2H3,(H,49,56,58)/t26-,27+,39?/m0/s1. The van der Waals surface area contributed by atoms with E-state index >= 15 is 8.78 Å². The molecule has 5 aliphatic heterocycles. The van der Waals surface area contributed by atoms with Gasteiger partial charge in [0.15, 0.2) is 0 Å². The number of halogens is 3. The van der Waals surface area contributed by atoms with Gasteiger partial charge in [-0.1, -0.05) is 17.7 Å². The number of hydrogen-bond donors (Lipinski definition) is 1. The number of nitrogens with one attached hydrogen (secondary N) is 1. The van der Waals surface area contributed by atoms with Crippen LogP contribution in [-0.4, -0.2) is 121 Å². The van der Waals surface area contributed by atoms with Crippen LogP contribution in [-0.2, 0) is 20.8 Å². The third-order valence-corrected chi connectivity index (χ3v) is 13.1. The van der Waals surface area contributed by atoms with Gasteiger partial charge < -0.3 is 19.6 Å². The largest absolute Gasteiger partial charge is 0.371 e. The molecule has 5 heterocycles. The van der Waals surface area contributed by atoms with Crippen LogP contribution in [0.4, 0.5) is 31.5 Å². The number of carbonyl (C=O) groups excluding carboxylic acids is 5. The maximum Gasteiger partial charge on any atom is 0.262 e. The fraction of sp³-hybridized carbons (Fsp3) is 0.455. The van der Waals surface area contributed by atoms with Gasteiger partial charge >= 0.3 is 0 Å². The minimum Gasteiger partial charge on any atom is -0.371 e. The lowest BCUT2D eigenvalue weighted by molar-refractivity contribution is -0.136. The molecule has 4 fully saturated rings. The first-order chi connectivity index (χ1) is 28.8. The van der Waals surface area contributed by atoms with Crippen LogP contribution in [0.3, 0.4) is 0 Å². The molecule has 8 rings (SSSR count). The highest BCUT2D eigenvalue weighted by atomic mass is 35.5. The van der Waals surface area contributed by atoms with Crippen LogP contribution in [0.1, 0.15) is 65.8 Å². The number of piperazine rings is 2. The van der Waals surface area contributed by atoms with Crippen molar-refractivity contribution in [1.82, 2.24) is 20.0 Å². The van der Waals surface area contributed by atoms with E-state index in [0.29, 0.717) is 48.5 Å². The van der Waals surface area contributed by atoms with Crippen molar-refractivity contribution in [3.63, 3.8) is 0 Å². The molecule has 0 saturated carbocycles. The topological polar surface area (TPSA) is 121 Å². The molecule has 4 saturated heterocycles. The molecular weight excluding hydrogens is 794 g/mol. The molecule has 0 spiro atoms. The summed E-state index contributed by atoms with van der Waals surface area (Å²) in [6.45, 7) is 17.3. The SMILES string of the molecule is [C-]#[N+]c1ccc(N2C[C@@H](C)N(C(=O)Cc3c(F)cc(N4CCC(CN5CCN(c6ccc7c(c6)C(=O)N(C6CCC(=O)NC6=O)C7=O)CC5)CC4)cc3F)C[C@@H]2C)cc1Cl. The molecule has 0 aliphatic carbocycles. The molecule has 0 radical (unpaired) electrons. The van der Waals surface area contributed by atoms with E-state index in [4.69, 9.17) is 18.2 Å². The van der Waals surface area contributed by atoms with E-state index in [1.54, 1.807) is 29.2 Å². The molecule has 3 aromatic carbocycles. The van der Waals surface area contributed by atoms with Crippen molar-refractivity contribution in [2.24, 2.45) is 5.92 Å². The van der Waals surface area contributed by atoms with E-state index < -0.39 is 41.3 Å². The summed E-state index contributed by atoms with van der Waals surface area (Å²) in [6.07, 6.45) is 1.54. The zero-order valence-electron chi connectivity index (χ0n) is 33.6. The van der Waals surface area contributed by atoms with Crippen molar-refractivity contribution in [3.05, 3.63) is 93.3 Å². The third-order valence-electron chi connectivity index (χ3n) is 12.8. The Morgan fingerprint density at radius 3 is 2.13 bits per heavy atom. The number of hydrogen-bond acceptors (Lipinski definition) is 9. The molecule has 60 heavy (non-hydrogen) atoms. The number of fused-ring (bicyclic) bond motifs is 1. The lowest BCUT2D eigenvalue weighted by atomic mass is 9.95. The van der Waals surface area contributed by atoms with E-state index in [1.165, 1.54) is 12.1 Å². The minimum absolute atomic E-state index is 0.0674. The van der Waals surface area contributed by atoms with E-state index in [1.807, 2.05) is 30.9 Å². The van der Waals surface area contributed by atoms with Crippen LogP contribution < -0.4 is 20.0 Å². The molecule has 3 atom stereocenters. The molecule has 5 amide bonds. The first-order valence-electron chi connectivity index (χ1n) is 20.6. The fourth-order valence-electron chi connectivity index (χ4n) is 9.38. The first-order valence-corrected chi connectivity index (χ1v) is 21.0. The van der Waals surface area contributed by atoms with Gasteiger partial charge in [0.2, 0.25) is 23.4 Å². The van der Waals surface area contributed by atoms with E-state index in [0.717, 1.165) is 61.8 Å².